The van der Waals surface area contributed by atoms with E-state index in [1.54, 1.807) is 0 Å². The Morgan fingerprint density at radius 2 is 2.06 bits per heavy atom. The fourth-order valence-electron chi connectivity index (χ4n) is 1.79. The minimum absolute atomic E-state index is 0.462. The summed E-state index contributed by atoms with van der Waals surface area (Å²) in [6.07, 6.45) is 1.18. The van der Waals surface area contributed by atoms with Crippen LogP contribution in [0.5, 0.6) is 0 Å². The topological polar surface area (TPSA) is 38.0 Å². The van der Waals surface area contributed by atoms with Gasteiger partial charge < -0.3 is 11.1 Å². The number of hydrogen-bond donors (Lipinski definition) is 2. The molecule has 0 fully saturated rings. The summed E-state index contributed by atoms with van der Waals surface area (Å²) in [5.41, 5.74) is 8.87. The number of nitrogens with two attached hydrogens (primary N) is 1. The van der Waals surface area contributed by atoms with Crippen molar-refractivity contribution in [2.75, 3.05) is 5.32 Å². The first kappa shape index (κ1) is 14.0. The molecule has 2 nitrogen and oxygen atoms in total. The number of thiocarbonyl (C=S) groups is 1. The molecule has 0 aliphatic carbocycles. The van der Waals surface area contributed by atoms with Crippen LogP contribution in [-0.4, -0.2) is 11.0 Å². The van der Waals surface area contributed by atoms with Gasteiger partial charge in [-0.15, -0.1) is 0 Å². The van der Waals surface area contributed by atoms with Gasteiger partial charge in [0.2, 0.25) is 0 Å². The van der Waals surface area contributed by atoms with Gasteiger partial charge in [-0.1, -0.05) is 32.5 Å². The van der Waals surface area contributed by atoms with Gasteiger partial charge in [0.05, 0.1) is 0 Å². The van der Waals surface area contributed by atoms with Crippen LogP contribution in [0.4, 0.5) is 5.69 Å². The van der Waals surface area contributed by atoms with Gasteiger partial charge in [0, 0.05) is 17.3 Å². The van der Waals surface area contributed by atoms with Crippen molar-refractivity contribution in [2.24, 2.45) is 11.7 Å². The fraction of sp³-hybridized carbons (Fsp3) is 0.500. The van der Waals surface area contributed by atoms with E-state index in [9.17, 15) is 0 Å². The first-order valence-electron chi connectivity index (χ1n) is 6.12. The molecule has 94 valence electrons. The third-order valence-electron chi connectivity index (χ3n) is 3.38. The molecule has 3 N–H and O–H groups in total. The highest BCUT2D eigenvalue weighted by molar-refractivity contribution is 7.80. The summed E-state index contributed by atoms with van der Waals surface area (Å²) >= 11 is 5.00. The van der Waals surface area contributed by atoms with Gasteiger partial charge in [0.15, 0.2) is 0 Å². The van der Waals surface area contributed by atoms with E-state index in [4.69, 9.17) is 18.0 Å². The number of anilines is 1. The number of aryl methyl sites for hydroxylation is 1. The molecule has 1 aromatic carbocycles. The standard InChI is InChI=1S/C14H22N2S/c1-5-9(2)11(4)16-12-6-7-13(14(15)17)10(3)8-12/h6-9,11,16H,5H2,1-4H3,(H2,15,17). The van der Waals surface area contributed by atoms with Gasteiger partial charge >= 0.3 is 0 Å². The Kier molecular flexibility index (Phi) is 4.94. The number of nitrogens with one attached hydrogen (secondary N) is 1. The molecule has 0 aliphatic heterocycles. The molecule has 0 spiro atoms. The lowest BCUT2D eigenvalue weighted by Gasteiger charge is -2.21. The van der Waals surface area contributed by atoms with E-state index >= 15 is 0 Å². The highest BCUT2D eigenvalue weighted by Crippen LogP contribution is 2.18. The Hall–Kier alpha value is -1.09. The average molecular weight is 250 g/mol. The molecule has 1 aromatic rings. The summed E-state index contributed by atoms with van der Waals surface area (Å²) in [5.74, 6) is 0.658. The molecule has 17 heavy (non-hydrogen) atoms. The summed E-state index contributed by atoms with van der Waals surface area (Å²) in [4.78, 5) is 0.462. The molecule has 0 heterocycles. The zero-order chi connectivity index (χ0) is 13.0. The van der Waals surface area contributed by atoms with Crippen molar-refractivity contribution in [1.29, 1.82) is 0 Å². The van der Waals surface area contributed by atoms with Crippen LogP contribution >= 0.6 is 12.2 Å². The molecule has 0 bridgehead atoms. The molecule has 1 rings (SSSR count). The van der Waals surface area contributed by atoms with Crippen molar-refractivity contribution < 1.29 is 0 Å². The van der Waals surface area contributed by atoms with Gasteiger partial charge in [0.25, 0.3) is 0 Å². The predicted octanol–water partition coefficient (Wildman–Crippen LogP) is 3.48. The number of hydrogen-bond acceptors (Lipinski definition) is 2. The normalized spacial score (nSPS) is 14.1. The Morgan fingerprint density at radius 3 is 2.53 bits per heavy atom. The maximum atomic E-state index is 5.65. The summed E-state index contributed by atoms with van der Waals surface area (Å²) in [5, 5.41) is 3.52. The molecule has 2 atom stereocenters. The SMILES string of the molecule is CCC(C)C(C)Nc1ccc(C(N)=S)c(C)c1. The summed E-state index contributed by atoms with van der Waals surface area (Å²) in [7, 11) is 0. The van der Waals surface area contributed by atoms with Crippen molar-refractivity contribution >= 4 is 22.9 Å². The average Bonchev–Trinajstić information content (AvgIpc) is 2.27. The van der Waals surface area contributed by atoms with Crippen LogP contribution in [0.2, 0.25) is 0 Å². The van der Waals surface area contributed by atoms with Gasteiger partial charge in [-0.25, -0.2) is 0 Å². The Bertz CT molecular complexity index is 401. The van der Waals surface area contributed by atoms with Crippen LogP contribution in [0.3, 0.4) is 0 Å². The summed E-state index contributed by atoms with van der Waals surface area (Å²) < 4.78 is 0. The predicted molar refractivity (Wildman–Crippen MR) is 79.6 cm³/mol. The third-order valence-corrected chi connectivity index (χ3v) is 3.60. The number of rotatable bonds is 5. The monoisotopic (exact) mass is 250 g/mol. The smallest absolute Gasteiger partial charge is 0.104 e. The Labute approximate surface area is 110 Å². The summed E-state index contributed by atoms with van der Waals surface area (Å²) in [6, 6.07) is 6.60. The molecule has 0 aromatic heterocycles. The zero-order valence-electron chi connectivity index (χ0n) is 11.1. The van der Waals surface area contributed by atoms with Crippen LogP contribution in [0.15, 0.2) is 18.2 Å². The lowest BCUT2D eigenvalue weighted by molar-refractivity contribution is 0.494. The minimum atomic E-state index is 0.462. The third kappa shape index (κ3) is 3.70. The number of benzene rings is 1. The van der Waals surface area contributed by atoms with E-state index in [1.807, 2.05) is 19.1 Å². The molecule has 0 aliphatic rings. The Balaban J connectivity index is 2.81. The maximum absolute atomic E-state index is 5.65. The van der Waals surface area contributed by atoms with E-state index in [1.165, 1.54) is 6.42 Å². The van der Waals surface area contributed by atoms with Gasteiger partial charge in [0.1, 0.15) is 4.99 Å². The molecule has 2 unspecified atom stereocenters. The minimum Gasteiger partial charge on any atom is -0.389 e. The van der Waals surface area contributed by atoms with Crippen molar-refractivity contribution in [3.63, 3.8) is 0 Å². The molecular weight excluding hydrogens is 228 g/mol. The van der Waals surface area contributed by atoms with Gasteiger partial charge in [-0.3, -0.25) is 0 Å². The molecule has 0 radical (unpaired) electrons. The van der Waals surface area contributed by atoms with E-state index < -0.39 is 0 Å². The lowest BCUT2D eigenvalue weighted by Crippen LogP contribution is -2.23. The van der Waals surface area contributed by atoms with Crippen molar-refractivity contribution in [3.05, 3.63) is 29.3 Å². The molecular formula is C14H22N2S. The van der Waals surface area contributed by atoms with E-state index in [0.29, 0.717) is 16.9 Å². The molecule has 0 saturated heterocycles. The van der Waals surface area contributed by atoms with Crippen molar-refractivity contribution in [2.45, 2.75) is 40.2 Å². The van der Waals surface area contributed by atoms with Crippen LogP contribution < -0.4 is 11.1 Å². The van der Waals surface area contributed by atoms with Crippen molar-refractivity contribution in [1.82, 2.24) is 0 Å². The highest BCUT2D eigenvalue weighted by Gasteiger charge is 2.10. The summed E-state index contributed by atoms with van der Waals surface area (Å²) in [6.45, 7) is 8.72. The maximum Gasteiger partial charge on any atom is 0.104 e. The second-order valence-corrected chi connectivity index (χ2v) is 5.15. The van der Waals surface area contributed by atoms with Gasteiger partial charge in [-0.2, -0.15) is 0 Å². The molecule has 3 heteroatoms. The Morgan fingerprint density at radius 1 is 1.41 bits per heavy atom. The van der Waals surface area contributed by atoms with Crippen LogP contribution in [0.25, 0.3) is 0 Å². The lowest BCUT2D eigenvalue weighted by atomic mass is 10.00. The second-order valence-electron chi connectivity index (χ2n) is 4.71. The van der Waals surface area contributed by atoms with E-state index in [0.717, 1.165) is 16.8 Å². The molecule has 0 amide bonds. The molecule has 0 saturated carbocycles. The van der Waals surface area contributed by atoms with Crippen LogP contribution in [0.1, 0.15) is 38.3 Å². The quantitative estimate of drug-likeness (QED) is 0.786. The van der Waals surface area contributed by atoms with Crippen molar-refractivity contribution in [3.8, 4) is 0 Å². The largest absolute Gasteiger partial charge is 0.389 e. The van der Waals surface area contributed by atoms with E-state index in [-0.39, 0.29) is 0 Å². The van der Waals surface area contributed by atoms with Crippen LogP contribution in [0, 0.1) is 12.8 Å². The zero-order valence-corrected chi connectivity index (χ0v) is 11.9. The van der Waals surface area contributed by atoms with Crippen LogP contribution in [-0.2, 0) is 0 Å². The van der Waals surface area contributed by atoms with E-state index in [2.05, 4.69) is 32.2 Å². The van der Waals surface area contributed by atoms with Gasteiger partial charge in [-0.05, 0) is 43.5 Å². The second kappa shape index (κ2) is 6.01. The first-order valence-corrected chi connectivity index (χ1v) is 6.53. The highest BCUT2D eigenvalue weighted by atomic mass is 32.1. The fourth-order valence-corrected chi connectivity index (χ4v) is 2.02. The first-order chi connectivity index (χ1) is 7.95.